The van der Waals surface area contributed by atoms with E-state index in [1.54, 1.807) is 10.6 Å². The molecule has 3 rings (SSSR count). The number of rotatable bonds is 5. The lowest BCUT2D eigenvalue weighted by Gasteiger charge is -2.21. The minimum Gasteiger partial charge on any atom is -0.506 e. The molecule has 22 heavy (non-hydrogen) atoms. The van der Waals surface area contributed by atoms with Gasteiger partial charge >= 0.3 is 0 Å². The number of aromatic hydroxyl groups is 1. The molecule has 116 valence electrons. The van der Waals surface area contributed by atoms with Gasteiger partial charge < -0.3 is 9.67 Å². The van der Waals surface area contributed by atoms with Crippen molar-refractivity contribution in [3.63, 3.8) is 0 Å². The molecule has 0 aliphatic carbocycles. The maximum absolute atomic E-state index is 12.7. The van der Waals surface area contributed by atoms with E-state index in [2.05, 4.69) is 6.92 Å². The summed E-state index contributed by atoms with van der Waals surface area (Å²) in [5.41, 5.74) is 1.50. The molecule has 0 spiro atoms. The molecule has 0 saturated carbocycles. The zero-order valence-corrected chi connectivity index (χ0v) is 12.9. The van der Waals surface area contributed by atoms with Gasteiger partial charge in [-0.2, -0.15) is 0 Å². The standard InChI is InChI=1S/C18H21NO3/c1-2-3-4-10-14(20)15-17(21)13-9-5-7-12-8-6-11-19(16(12)13)18(15)22/h5,7,9,21H,2-4,6,8,10-11H2,1H3. The number of unbranched alkanes of at least 4 members (excludes halogenated alkanes) is 2. The van der Waals surface area contributed by atoms with Crippen LogP contribution in [0.3, 0.4) is 0 Å². The van der Waals surface area contributed by atoms with Crippen molar-refractivity contribution < 1.29 is 9.90 Å². The molecule has 1 aliphatic heterocycles. The second-order valence-electron chi connectivity index (χ2n) is 5.98. The number of nitrogens with zero attached hydrogens (tertiary/aromatic N) is 1. The Morgan fingerprint density at radius 2 is 2.14 bits per heavy atom. The molecule has 0 atom stereocenters. The second-order valence-corrected chi connectivity index (χ2v) is 5.98. The predicted molar refractivity (Wildman–Crippen MR) is 86.7 cm³/mol. The minimum absolute atomic E-state index is 0.0253. The Labute approximate surface area is 129 Å². The summed E-state index contributed by atoms with van der Waals surface area (Å²) >= 11 is 0. The van der Waals surface area contributed by atoms with E-state index < -0.39 is 0 Å². The van der Waals surface area contributed by atoms with E-state index in [-0.39, 0.29) is 22.7 Å². The van der Waals surface area contributed by atoms with Crippen molar-refractivity contribution in [2.24, 2.45) is 0 Å². The van der Waals surface area contributed by atoms with E-state index in [0.29, 0.717) is 18.4 Å². The van der Waals surface area contributed by atoms with Gasteiger partial charge in [-0.25, -0.2) is 0 Å². The van der Waals surface area contributed by atoms with Gasteiger partial charge in [0.15, 0.2) is 5.78 Å². The molecule has 0 saturated heterocycles. The molecular weight excluding hydrogens is 278 g/mol. The number of hydrogen-bond donors (Lipinski definition) is 1. The van der Waals surface area contributed by atoms with Gasteiger partial charge in [-0.05, 0) is 30.9 Å². The SMILES string of the molecule is CCCCCC(=O)c1c(O)c2cccc3c2n(c1=O)CCC3. The number of benzene rings is 1. The Morgan fingerprint density at radius 1 is 1.32 bits per heavy atom. The lowest BCUT2D eigenvalue weighted by molar-refractivity contribution is 0.0975. The van der Waals surface area contributed by atoms with Crippen molar-refractivity contribution in [1.29, 1.82) is 0 Å². The molecular formula is C18H21NO3. The van der Waals surface area contributed by atoms with Crippen LogP contribution in [0.15, 0.2) is 23.0 Å². The van der Waals surface area contributed by atoms with Gasteiger partial charge in [0.2, 0.25) is 0 Å². The average Bonchev–Trinajstić information content (AvgIpc) is 2.53. The van der Waals surface area contributed by atoms with Gasteiger partial charge in [0.1, 0.15) is 11.3 Å². The number of hydrogen-bond acceptors (Lipinski definition) is 3. The van der Waals surface area contributed by atoms with Gasteiger partial charge in [0.25, 0.3) is 5.56 Å². The van der Waals surface area contributed by atoms with Crippen LogP contribution in [-0.2, 0) is 13.0 Å². The number of carbonyl (C=O) groups is 1. The summed E-state index contributed by atoms with van der Waals surface area (Å²) in [6, 6.07) is 5.65. The fourth-order valence-electron chi connectivity index (χ4n) is 3.33. The third kappa shape index (κ3) is 2.32. The van der Waals surface area contributed by atoms with E-state index in [1.165, 1.54) is 0 Å². The van der Waals surface area contributed by atoms with Gasteiger partial charge in [-0.1, -0.05) is 31.9 Å². The average molecular weight is 299 g/mol. The molecule has 1 aliphatic rings. The van der Waals surface area contributed by atoms with Gasteiger partial charge in [-0.15, -0.1) is 0 Å². The van der Waals surface area contributed by atoms with Crippen LogP contribution in [0, 0.1) is 0 Å². The highest BCUT2D eigenvalue weighted by Crippen LogP contribution is 2.32. The van der Waals surface area contributed by atoms with Crippen molar-refractivity contribution in [3.8, 4) is 5.75 Å². The lowest BCUT2D eigenvalue weighted by atomic mass is 9.97. The third-order valence-electron chi connectivity index (χ3n) is 4.45. The lowest BCUT2D eigenvalue weighted by Crippen LogP contribution is -2.29. The first-order valence-electron chi connectivity index (χ1n) is 8.05. The zero-order valence-electron chi connectivity index (χ0n) is 12.9. The first-order chi connectivity index (χ1) is 10.6. The van der Waals surface area contributed by atoms with Crippen molar-refractivity contribution in [3.05, 3.63) is 39.7 Å². The van der Waals surface area contributed by atoms with Crippen LogP contribution in [0.5, 0.6) is 5.75 Å². The Balaban J connectivity index is 2.16. The van der Waals surface area contributed by atoms with Crippen molar-refractivity contribution >= 4 is 16.7 Å². The molecule has 1 aromatic heterocycles. The van der Waals surface area contributed by atoms with Crippen molar-refractivity contribution in [1.82, 2.24) is 4.57 Å². The summed E-state index contributed by atoms with van der Waals surface area (Å²) in [4.78, 5) is 25.1. The van der Waals surface area contributed by atoms with Crippen LogP contribution in [0.4, 0.5) is 0 Å². The van der Waals surface area contributed by atoms with E-state index in [4.69, 9.17) is 0 Å². The molecule has 2 aromatic rings. The number of pyridine rings is 1. The molecule has 0 unspecified atom stereocenters. The Kier molecular flexibility index (Phi) is 4.01. The summed E-state index contributed by atoms with van der Waals surface area (Å²) in [6.45, 7) is 2.68. The first kappa shape index (κ1) is 14.8. The van der Waals surface area contributed by atoms with Crippen molar-refractivity contribution in [2.75, 3.05) is 0 Å². The van der Waals surface area contributed by atoms with E-state index in [0.717, 1.165) is 43.2 Å². The number of Topliss-reactive ketones (excluding diaryl/α,β-unsaturated/α-hetero) is 1. The van der Waals surface area contributed by atoms with Crippen LogP contribution >= 0.6 is 0 Å². The molecule has 2 heterocycles. The molecule has 1 aromatic carbocycles. The number of ketones is 1. The summed E-state index contributed by atoms with van der Waals surface area (Å²) in [7, 11) is 0. The molecule has 1 N–H and O–H groups in total. The maximum Gasteiger partial charge on any atom is 0.265 e. The summed E-state index contributed by atoms with van der Waals surface area (Å²) in [5, 5.41) is 11.1. The monoisotopic (exact) mass is 299 g/mol. The molecule has 0 amide bonds. The maximum atomic E-state index is 12.7. The van der Waals surface area contributed by atoms with Crippen LogP contribution in [-0.4, -0.2) is 15.5 Å². The summed E-state index contributed by atoms with van der Waals surface area (Å²) in [5.74, 6) is -0.376. The van der Waals surface area contributed by atoms with E-state index in [9.17, 15) is 14.7 Å². The fraction of sp³-hybridized carbons (Fsp3) is 0.444. The second kappa shape index (κ2) is 5.95. The fourth-order valence-corrected chi connectivity index (χ4v) is 3.33. The van der Waals surface area contributed by atoms with Crippen molar-refractivity contribution in [2.45, 2.75) is 52.0 Å². The highest BCUT2D eigenvalue weighted by atomic mass is 16.3. The number of aryl methyl sites for hydroxylation is 2. The van der Waals surface area contributed by atoms with E-state index in [1.807, 2.05) is 12.1 Å². The summed E-state index contributed by atoms with van der Waals surface area (Å²) in [6.07, 6.45) is 4.84. The minimum atomic E-state index is -0.335. The number of para-hydroxylation sites is 1. The number of aromatic nitrogens is 1. The Hall–Kier alpha value is -2.10. The molecule has 4 heteroatoms. The first-order valence-corrected chi connectivity index (χ1v) is 8.05. The van der Waals surface area contributed by atoms with E-state index >= 15 is 0 Å². The van der Waals surface area contributed by atoms with Crippen LogP contribution in [0.25, 0.3) is 10.9 Å². The van der Waals surface area contributed by atoms with Crippen LogP contribution < -0.4 is 5.56 Å². The molecule has 4 nitrogen and oxygen atoms in total. The largest absolute Gasteiger partial charge is 0.506 e. The van der Waals surface area contributed by atoms with Gasteiger partial charge in [0.05, 0.1) is 5.52 Å². The molecule has 0 bridgehead atoms. The number of carbonyl (C=O) groups excluding carboxylic acids is 1. The van der Waals surface area contributed by atoms with Crippen LogP contribution in [0.1, 0.15) is 54.9 Å². The third-order valence-corrected chi connectivity index (χ3v) is 4.45. The highest BCUT2D eigenvalue weighted by Gasteiger charge is 2.24. The Bertz CT molecular complexity index is 789. The summed E-state index contributed by atoms with van der Waals surface area (Å²) < 4.78 is 1.67. The highest BCUT2D eigenvalue weighted by molar-refractivity contribution is 6.04. The van der Waals surface area contributed by atoms with Gasteiger partial charge in [0, 0.05) is 18.4 Å². The smallest absolute Gasteiger partial charge is 0.265 e. The quantitative estimate of drug-likeness (QED) is 0.680. The molecule has 0 fully saturated rings. The normalized spacial score (nSPS) is 13.5. The predicted octanol–water partition coefficient (Wildman–Crippen LogP) is 3.42. The Morgan fingerprint density at radius 3 is 2.91 bits per heavy atom. The zero-order chi connectivity index (χ0) is 15.7. The van der Waals surface area contributed by atoms with Crippen LogP contribution in [0.2, 0.25) is 0 Å². The van der Waals surface area contributed by atoms with Gasteiger partial charge in [-0.3, -0.25) is 9.59 Å². The topological polar surface area (TPSA) is 59.3 Å². The molecule has 0 radical (unpaired) electrons.